The third-order valence-electron chi connectivity index (χ3n) is 3.48. The number of hydrogen-bond acceptors (Lipinski definition) is 3. The maximum atomic E-state index is 11.4. The number of carbonyl (C=O) groups excluding carboxylic acids is 1. The minimum absolute atomic E-state index is 0.120. The first kappa shape index (κ1) is 15.0. The van der Waals surface area contributed by atoms with Gasteiger partial charge < -0.3 is 4.74 Å². The van der Waals surface area contributed by atoms with Crippen LogP contribution in [0, 0.1) is 0 Å². The smallest absolute Gasteiger partial charge is 0.322 e. The van der Waals surface area contributed by atoms with Gasteiger partial charge in [0.05, 0.1) is 7.11 Å². The molecule has 1 fully saturated rings. The van der Waals surface area contributed by atoms with Crippen LogP contribution in [0.2, 0.25) is 0 Å². The Morgan fingerprint density at radius 3 is 2.72 bits per heavy atom. The van der Waals surface area contributed by atoms with Crippen LogP contribution < -0.4 is 5.32 Å². The first-order chi connectivity index (χ1) is 8.72. The van der Waals surface area contributed by atoms with Gasteiger partial charge in [-0.15, -0.1) is 0 Å². The maximum absolute atomic E-state index is 11.4. The highest BCUT2D eigenvalue weighted by atomic mass is 16.5. The monoisotopic (exact) mass is 251 g/mol. The number of hydrogen-bond donors (Lipinski definition) is 1. The van der Waals surface area contributed by atoms with E-state index in [1.807, 2.05) is 13.8 Å². The van der Waals surface area contributed by atoms with Gasteiger partial charge in [-0.1, -0.05) is 31.6 Å². The van der Waals surface area contributed by atoms with Crippen LogP contribution in [0.5, 0.6) is 0 Å². The van der Waals surface area contributed by atoms with Gasteiger partial charge in [0.15, 0.2) is 0 Å². The van der Waals surface area contributed by atoms with Gasteiger partial charge in [0.2, 0.25) is 0 Å². The fourth-order valence-electron chi connectivity index (χ4n) is 2.53. The summed E-state index contributed by atoms with van der Waals surface area (Å²) >= 11 is 0. The second-order valence-corrected chi connectivity index (χ2v) is 4.55. The molecule has 0 aromatic heterocycles. The lowest BCUT2D eigenvalue weighted by Crippen LogP contribution is -2.37. The maximum Gasteiger partial charge on any atom is 0.322 e. The molecule has 0 amide bonds. The van der Waals surface area contributed by atoms with Crippen molar-refractivity contribution in [3.63, 3.8) is 0 Å². The van der Waals surface area contributed by atoms with E-state index < -0.39 is 0 Å². The van der Waals surface area contributed by atoms with Crippen LogP contribution in [0.25, 0.3) is 0 Å². The zero-order valence-electron chi connectivity index (χ0n) is 12.0. The van der Waals surface area contributed by atoms with Crippen molar-refractivity contribution in [1.29, 1.82) is 0 Å². The van der Waals surface area contributed by atoms with Crippen LogP contribution >= 0.6 is 0 Å². The van der Waals surface area contributed by atoms with Crippen molar-refractivity contribution in [2.75, 3.05) is 7.11 Å². The number of carbonyl (C=O) groups is 1. The number of ether oxygens (including phenoxy) is 1. The van der Waals surface area contributed by atoms with E-state index in [-0.39, 0.29) is 12.0 Å². The zero-order valence-corrected chi connectivity index (χ0v) is 12.0. The van der Waals surface area contributed by atoms with Crippen molar-refractivity contribution in [2.24, 2.45) is 0 Å². The summed E-state index contributed by atoms with van der Waals surface area (Å²) in [4.78, 5) is 11.4. The van der Waals surface area contributed by atoms with Crippen molar-refractivity contribution in [3.05, 3.63) is 23.3 Å². The van der Waals surface area contributed by atoms with Crippen molar-refractivity contribution in [3.8, 4) is 0 Å². The highest BCUT2D eigenvalue weighted by Gasteiger charge is 2.31. The van der Waals surface area contributed by atoms with Gasteiger partial charge in [0.1, 0.15) is 6.04 Å². The van der Waals surface area contributed by atoms with E-state index in [1.165, 1.54) is 18.3 Å². The average molecular weight is 251 g/mol. The molecule has 1 aliphatic heterocycles. The predicted octanol–water partition coefficient (Wildman–Crippen LogP) is 2.97. The van der Waals surface area contributed by atoms with E-state index in [0.29, 0.717) is 6.04 Å². The number of methoxy groups -OCH3 is 1. The minimum Gasteiger partial charge on any atom is -0.468 e. The summed E-state index contributed by atoms with van der Waals surface area (Å²) < 4.78 is 4.76. The van der Waals surface area contributed by atoms with Crippen molar-refractivity contribution in [2.45, 2.75) is 58.5 Å². The van der Waals surface area contributed by atoms with Crippen molar-refractivity contribution >= 4 is 5.97 Å². The zero-order chi connectivity index (χ0) is 13.5. The van der Waals surface area contributed by atoms with Crippen LogP contribution in [0.3, 0.4) is 0 Å². The molecular formula is C15H25NO2. The quantitative estimate of drug-likeness (QED) is 0.767. The molecule has 1 N–H and O–H groups in total. The van der Waals surface area contributed by atoms with Crippen molar-refractivity contribution < 1.29 is 9.53 Å². The highest BCUT2D eigenvalue weighted by molar-refractivity contribution is 5.76. The molecule has 102 valence electrons. The van der Waals surface area contributed by atoms with Gasteiger partial charge in [0, 0.05) is 6.04 Å². The molecule has 0 saturated carbocycles. The summed E-state index contributed by atoms with van der Waals surface area (Å²) in [5.74, 6) is -0.138. The molecule has 1 heterocycles. The van der Waals surface area contributed by atoms with Gasteiger partial charge in [-0.25, -0.2) is 0 Å². The van der Waals surface area contributed by atoms with Crippen LogP contribution in [0.1, 0.15) is 46.5 Å². The second-order valence-electron chi connectivity index (χ2n) is 4.55. The Hall–Kier alpha value is -1.09. The second kappa shape index (κ2) is 7.37. The molecule has 2 aliphatic rings. The number of allylic oxidation sites excluding steroid dienone is 2. The van der Waals surface area contributed by atoms with Crippen molar-refractivity contribution in [1.82, 2.24) is 5.32 Å². The fraction of sp³-hybridized carbons (Fsp3) is 0.667. The molecule has 1 aliphatic carbocycles. The summed E-state index contributed by atoms with van der Waals surface area (Å²) in [6.07, 6.45) is 8.61. The first-order valence-electron chi connectivity index (χ1n) is 6.92. The van der Waals surface area contributed by atoms with Crippen LogP contribution in [0.4, 0.5) is 0 Å². The van der Waals surface area contributed by atoms with E-state index >= 15 is 0 Å². The minimum atomic E-state index is -0.138. The summed E-state index contributed by atoms with van der Waals surface area (Å²) in [6.45, 7) is 6.19. The average Bonchev–Trinajstić information content (AvgIpc) is 2.90. The lowest BCUT2D eigenvalue weighted by Gasteiger charge is -2.19. The molecule has 2 rings (SSSR count). The molecule has 18 heavy (non-hydrogen) atoms. The van der Waals surface area contributed by atoms with E-state index in [4.69, 9.17) is 4.74 Å². The summed E-state index contributed by atoms with van der Waals surface area (Å²) in [6, 6.07) is 0.214. The van der Waals surface area contributed by atoms with Gasteiger partial charge >= 0.3 is 5.97 Å². The molecule has 0 aromatic rings. The van der Waals surface area contributed by atoms with E-state index in [0.717, 1.165) is 25.7 Å². The van der Waals surface area contributed by atoms with Crippen LogP contribution in [-0.2, 0) is 9.53 Å². The molecule has 1 saturated heterocycles. The summed E-state index contributed by atoms with van der Waals surface area (Å²) in [7, 11) is 1.45. The molecule has 2 atom stereocenters. The Kier molecular flexibility index (Phi) is 6.13. The third kappa shape index (κ3) is 3.45. The lowest BCUT2D eigenvalue weighted by molar-refractivity contribution is -0.142. The van der Waals surface area contributed by atoms with Gasteiger partial charge in [0.25, 0.3) is 0 Å². The number of nitrogens with one attached hydrogen (secondary N) is 1. The molecule has 0 bridgehead atoms. The number of rotatable bonds is 2. The van der Waals surface area contributed by atoms with E-state index in [2.05, 4.69) is 24.4 Å². The lowest BCUT2D eigenvalue weighted by atomic mass is 9.93. The van der Waals surface area contributed by atoms with E-state index in [1.54, 1.807) is 0 Å². The molecule has 2 unspecified atom stereocenters. The molecule has 0 aromatic carbocycles. The Balaban J connectivity index is 0.000000771. The first-order valence-corrected chi connectivity index (χ1v) is 6.92. The normalized spacial score (nSPS) is 26.7. The third-order valence-corrected chi connectivity index (χ3v) is 3.48. The van der Waals surface area contributed by atoms with Crippen LogP contribution in [0.15, 0.2) is 23.3 Å². The van der Waals surface area contributed by atoms with E-state index in [9.17, 15) is 4.79 Å². The molecular weight excluding hydrogens is 226 g/mol. The molecule has 0 spiro atoms. The largest absolute Gasteiger partial charge is 0.468 e. The van der Waals surface area contributed by atoms with Gasteiger partial charge in [-0.05, 0) is 38.2 Å². The van der Waals surface area contributed by atoms with Crippen LogP contribution in [-0.4, -0.2) is 25.2 Å². The standard InChI is InChI=1S/C13H19NO2.C2H6/c1-9-5-3-4-6-10(9)11-7-8-12(14-11)13(15)16-2;1-2/h4,6,11-12,14H,3,5,7-8H2,1-2H3;1-2H3. The Bertz CT molecular complexity index is 344. The Morgan fingerprint density at radius 1 is 1.39 bits per heavy atom. The molecule has 0 radical (unpaired) electrons. The van der Waals surface area contributed by atoms with Gasteiger partial charge in [-0.3, -0.25) is 10.1 Å². The predicted molar refractivity (Wildman–Crippen MR) is 74.4 cm³/mol. The summed E-state index contributed by atoms with van der Waals surface area (Å²) in [5, 5.41) is 3.36. The highest BCUT2D eigenvalue weighted by Crippen LogP contribution is 2.27. The fourth-order valence-corrected chi connectivity index (χ4v) is 2.53. The topological polar surface area (TPSA) is 38.3 Å². The molecule has 3 heteroatoms. The Labute approximate surface area is 110 Å². The molecule has 3 nitrogen and oxygen atoms in total. The number of esters is 1. The summed E-state index contributed by atoms with van der Waals surface area (Å²) in [5.41, 5.74) is 2.82. The Morgan fingerprint density at radius 2 is 2.11 bits per heavy atom. The van der Waals surface area contributed by atoms with Gasteiger partial charge in [-0.2, -0.15) is 0 Å². The SMILES string of the molecule is CC.COC(=O)C1CCC(C2=C(C)CCC=C2)N1.